The van der Waals surface area contributed by atoms with Gasteiger partial charge in [0.1, 0.15) is 0 Å². The van der Waals surface area contributed by atoms with Crippen molar-refractivity contribution in [2.75, 3.05) is 11.5 Å². The van der Waals surface area contributed by atoms with Gasteiger partial charge in [0.2, 0.25) is 0 Å². The third kappa shape index (κ3) is 1.76. The van der Waals surface area contributed by atoms with Crippen molar-refractivity contribution in [1.82, 2.24) is 9.78 Å². The number of rotatable bonds is 1. The molecule has 2 heterocycles. The molecule has 0 amide bonds. The Labute approximate surface area is 95.0 Å². The van der Waals surface area contributed by atoms with Gasteiger partial charge < -0.3 is 5.11 Å². The van der Waals surface area contributed by atoms with Gasteiger partial charge in [-0.3, -0.25) is 4.68 Å². The molecule has 2 atom stereocenters. The fraction of sp³-hybridized carbons (Fsp3) is 0.700. The van der Waals surface area contributed by atoms with Gasteiger partial charge in [0.15, 0.2) is 9.84 Å². The molecule has 90 valence electrons. The van der Waals surface area contributed by atoms with Gasteiger partial charge in [0.25, 0.3) is 0 Å². The second-order valence-corrected chi connectivity index (χ2v) is 6.61. The zero-order chi connectivity index (χ0) is 12.1. The second kappa shape index (κ2) is 3.56. The van der Waals surface area contributed by atoms with Crippen LogP contribution in [0.2, 0.25) is 0 Å². The lowest BCUT2D eigenvalue weighted by Gasteiger charge is -2.15. The highest BCUT2D eigenvalue weighted by atomic mass is 32.2. The van der Waals surface area contributed by atoms with Crippen LogP contribution in [0.3, 0.4) is 0 Å². The summed E-state index contributed by atoms with van der Waals surface area (Å²) in [7, 11) is -3.12. The van der Waals surface area contributed by atoms with E-state index in [4.69, 9.17) is 0 Å². The Morgan fingerprint density at radius 1 is 1.31 bits per heavy atom. The quantitative estimate of drug-likeness (QED) is 0.762. The second-order valence-electron chi connectivity index (χ2n) is 4.45. The van der Waals surface area contributed by atoms with E-state index in [1.807, 2.05) is 20.8 Å². The number of sulfone groups is 1. The van der Waals surface area contributed by atoms with Crippen molar-refractivity contribution >= 4 is 9.84 Å². The van der Waals surface area contributed by atoms with Crippen LogP contribution < -0.4 is 0 Å². The molecule has 2 rings (SSSR count). The Morgan fingerprint density at radius 3 is 2.31 bits per heavy atom. The Bertz CT molecular complexity index is 518. The molecule has 6 heteroatoms. The highest BCUT2D eigenvalue weighted by molar-refractivity contribution is 7.91. The minimum absolute atomic E-state index is 0.0183. The third-order valence-corrected chi connectivity index (χ3v) is 4.99. The van der Waals surface area contributed by atoms with E-state index in [-0.39, 0.29) is 11.5 Å². The number of aliphatic hydroxyl groups is 1. The largest absolute Gasteiger partial charge is 0.390 e. The first-order valence-corrected chi connectivity index (χ1v) is 7.05. The van der Waals surface area contributed by atoms with Crippen molar-refractivity contribution in [2.45, 2.75) is 32.9 Å². The van der Waals surface area contributed by atoms with Crippen molar-refractivity contribution < 1.29 is 13.5 Å². The molecule has 1 aliphatic rings. The lowest BCUT2D eigenvalue weighted by atomic mass is 10.2. The maximum atomic E-state index is 11.4. The van der Waals surface area contributed by atoms with Crippen molar-refractivity contribution in [1.29, 1.82) is 0 Å². The monoisotopic (exact) mass is 244 g/mol. The van der Waals surface area contributed by atoms with Crippen LogP contribution in [0.4, 0.5) is 0 Å². The van der Waals surface area contributed by atoms with Crippen LogP contribution in [0, 0.1) is 20.8 Å². The smallest absolute Gasteiger partial charge is 0.155 e. The van der Waals surface area contributed by atoms with Crippen LogP contribution in [0.1, 0.15) is 23.0 Å². The Kier molecular flexibility index (Phi) is 2.58. The third-order valence-electron chi connectivity index (χ3n) is 3.29. The maximum absolute atomic E-state index is 11.4. The average Bonchev–Trinajstić information content (AvgIpc) is 2.57. The number of nitrogens with zero attached hydrogens (tertiary/aromatic N) is 2. The molecule has 1 aliphatic heterocycles. The van der Waals surface area contributed by atoms with Crippen LogP contribution >= 0.6 is 0 Å². The van der Waals surface area contributed by atoms with Crippen molar-refractivity contribution in [3.05, 3.63) is 17.0 Å². The van der Waals surface area contributed by atoms with Gasteiger partial charge in [-0.15, -0.1) is 0 Å². The van der Waals surface area contributed by atoms with Crippen molar-refractivity contribution in [3.8, 4) is 0 Å². The fourth-order valence-corrected chi connectivity index (χ4v) is 3.87. The molecule has 1 saturated heterocycles. The number of aryl methyl sites for hydroxylation is 1. The van der Waals surface area contributed by atoms with Crippen LogP contribution in [0.25, 0.3) is 0 Å². The van der Waals surface area contributed by atoms with E-state index in [0.717, 1.165) is 17.0 Å². The van der Waals surface area contributed by atoms with Crippen molar-refractivity contribution in [2.24, 2.45) is 0 Å². The van der Waals surface area contributed by atoms with E-state index in [2.05, 4.69) is 5.10 Å². The average molecular weight is 244 g/mol. The molecule has 1 N–H and O–H groups in total. The van der Waals surface area contributed by atoms with Crippen molar-refractivity contribution in [3.63, 3.8) is 0 Å². The molecule has 1 aromatic rings. The fourth-order valence-electron chi connectivity index (χ4n) is 2.11. The van der Waals surface area contributed by atoms with E-state index in [9.17, 15) is 13.5 Å². The first-order valence-electron chi connectivity index (χ1n) is 5.22. The number of hydrogen-bond acceptors (Lipinski definition) is 4. The van der Waals surface area contributed by atoms with Crippen LogP contribution in [-0.2, 0) is 9.84 Å². The summed E-state index contributed by atoms with van der Waals surface area (Å²) in [4.78, 5) is 0. The van der Waals surface area contributed by atoms with E-state index >= 15 is 0 Å². The minimum Gasteiger partial charge on any atom is -0.390 e. The van der Waals surface area contributed by atoms with Gasteiger partial charge in [-0.1, -0.05) is 0 Å². The Hall–Kier alpha value is -0.880. The summed E-state index contributed by atoms with van der Waals surface area (Å²) in [6, 6.07) is -0.433. The normalized spacial score (nSPS) is 28.5. The van der Waals surface area contributed by atoms with E-state index in [0.29, 0.717) is 0 Å². The van der Waals surface area contributed by atoms with Gasteiger partial charge in [-0.2, -0.15) is 5.10 Å². The topological polar surface area (TPSA) is 72.2 Å². The molecular weight excluding hydrogens is 228 g/mol. The van der Waals surface area contributed by atoms with Crippen LogP contribution in [-0.4, -0.2) is 40.9 Å². The zero-order valence-corrected chi connectivity index (χ0v) is 10.5. The molecule has 0 radical (unpaired) electrons. The van der Waals surface area contributed by atoms with Gasteiger partial charge >= 0.3 is 0 Å². The van der Waals surface area contributed by atoms with Crippen LogP contribution in [0.15, 0.2) is 0 Å². The SMILES string of the molecule is Cc1nn(C2CS(=O)(=O)CC2O)c(C)c1C. The molecular formula is C10H16N2O3S. The highest BCUT2D eigenvalue weighted by Crippen LogP contribution is 2.26. The molecule has 1 aromatic heterocycles. The van der Waals surface area contributed by atoms with Gasteiger partial charge in [0, 0.05) is 5.69 Å². The summed E-state index contributed by atoms with van der Waals surface area (Å²) in [6.45, 7) is 5.73. The van der Waals surface area contributed by atoms with Gasteiger partial charge in [0.05, 0.1) is 29.3 Å². The van der Waals surface area contributed by atoms with E-state index < -0.39 is 22.0 Å². The highest BCUT2D eigenvalue weighted by Gasteiger charge is 2.39. The number of hydrogen-bond donors (Lipinski definition) is 1. The lowest BCUT2D eigenvalue weighted by Crippen LogP contribution is -2.24. The number of aromatic nitrogens is 2. The first-order chi connectivity index (χ1) is 7.32. The summed E-state index contributed by atoms with van der Waals surface area (Å²) < 4.78 is 24.5. The molecule has 0 saturated carbocycles. The maximum Gasteiger partial charge on any atom is 0.155 e. The van der Waals surface area contributed by atoms with Gasteiger partial charge in [-0.05, 0) is 26.3 Å². The Morgan fingerprint density at radius 2 is 1.94 bits per heavy atom. The van der Waals surface area contributed by atoms with E-state index in [1.165, 1.54) is 0 Å². The molecule has 0 aromatic carbocycles. The molecule has 0 aliphatic carbocycles. The predicted molar refractivity (Wildman–Crippen MR) is 60.1 cm³/mol. The van der Waals surface area contributed by atoms with E-state index in [1.54, 1.807) is 4.68 Å². The lowest BCUT2D eigenvalue weighted by molar-refractivity contribution is 0.145. The summed E-state index contributed by atoms with van der Waals surface area (Å²) in [6.07, 6.45) is -0.845. The van der Waals surface area contributed by atoms with Gasteiger partial charge in [-0.25, -0.2) is 8.42 Å². The summed E-state index contributed by atoms with van der Waals surface area (Å²) >= 11 is 0. The molecule has 16 heavy (non-hydrogen) atoms. The molecule has 5 nitrogen and oxygen atoms in total. The predicted octanol–water partition coefficient (Wildman–Crippen LogP) is 0.139. The molecule has 1 fully saturated rings. The molecule has 0 spiro atoms. The minimum atomic E-state index is -3.12. The standard InChI is InChI=1S/C10H16N2O3S/c1-6-7(2)11-12(8(6)3)9-4-16(14,15)5-10(9)13/h9-10,13H,4-5H2,1-3H3. The summed E-state index contributed by atoms with van der Waals surface area (Å²) in [5.41, 5.74) is 2.86. The number of aliphatic hydroxyl groups excluding tert-OH is 1. The molecule has 0 bridgehead atoms. The Balaban J connectivity index is 2.43. The first kappa shape index (κ1) is 11.6. The summed E-state index contributed by atoms with van der Waals surface area (Å²) in [5, 5.41) is 14.1. The van der Waals surface area contributed by atoms with Crippen LogP contribution in [0.5, 0.6) is 0 Å². The summed E-state index contributed by atoms with van der Waals surface area (Å²) in [5.74, 6) is -0.176. The zero-order valence-electron chi connectivity index (χ0n) is 9.64. The molecule has 2 unspecified atom stereocenters.